The highest BCUT2D eigenvalue weighted by Crippen LogP contribution is 2.30. The number of nitrogens with one attached hydrogen (secondary N) is 1. The molecule has 2 aromatic heterocycles. The monoisotopic (exact) mass is 444 g/mol. The number of carbonyl (C=O) groups is 2. The van der Waals surface area contributed by atoms with Crippen LogP contribution >= 0.6 is 0 Å². The van der Waals surface area contributed by atoms with Crippen molar-refractivity contribution in [2.24, 2.45) is 0 Å². The molecule has 1 N–H and O–H groups in total. The molecule has 1 aromatic carbocycles. The molecule has 0 aliphatic carbocycles. The van der Waals surface area contributed by atoms with Gasteiger partial charge in [-0.3, -0.25) is 9.59 Å². The number of alkyl halides is 3. The maximum absolute atomic E-state index is 12.6. The summed E-state index contributed by atoms with van der Waals surface area (Å²) in [5.41, 5.74) is -0.225. The van der Waals surface area contributed by atoms with Crippen molar-refractivity contribution in [1.82, 2.24) is 20.2 Å². The van der Waals surface area contributed by atoms with Crippen LogP contribution in [0.3, 0.4) is 0 Å². The number of pyridine rings is 2. The minimum Gasteiger partial charge on any atom is -0.456 e. The van der Waals surface area contributed by atoms with Crippen molar-refractivity contribution in [3.8, 4) is 11.5 Å². The lowest BCUT2D eigenvalue weighted by Gasteiger charge is -2.14. The average Bonchev–Trinajstić information content (AvgIpc) is 3.12. The average molecular weight is 444 g/mol. The molecule has 3 aromatic rings. The topological polar surface area (TPSA) is 84.4 Å². The number of hydrogen-bond acceptors (Lipinski definition) is 5. The van der Waals surface area contributed by atoms with Crippen LogP contribution in [-0.2, 0) is 11.0 Å². The maximum atomic E-state index is 12.6. The predicted octanol–water partition coefficient (Wildman–Crippen LogP) is 3.79. The van der Waals surface area contributed by atoms with E-state index in [1.807, 2.05) is 6.92 Å². The smallest absolute Gasteiger partial charge is 0.433 e. The Hall–Kier alpha value is -3.69. The number of ether oxygens (including phenoxy) is 1. The van der Waals surface area contributed by atoms with E-state index in [9.17, 15) is 22.8 Å². The predicted molar refractivity (Wildman–Crippen MR) is 109 cm³/mol. The van der Waals surface area contributed by atoms with Gasteiger partial charge in [-0.1, -0.05) is 6.07 Å². The lowest BCUT2D eigenvalue weighted by molar-refractivity contribution is -0.141. The standard InChI is InChI=1S/C22H19F3N4O3/c1-2-29-12-14(10-20(29)30)27-21(31)18-6-3-13-9-15(4-7-17(13)28-18)32-16-5-8-19(26-11-16)22(23,24)25/h3-9,11,14H,2,10,12H2,1H3,(H,27,31). The van der Waals surface area contributed by atoms with Crippen molar-refractivity contribution >= 4 is 22.7 Å². The van der Waals surface area contributed by atoms with Crippen LogP contribution in [0, 0.1) is 0 Å². The van der Waals surface area contributed by atoms with Crippen LogP contribution in [0.15, 0.2) is 48.7 Å². The number of aromatic nitrogens is 2. The molecule has 0 radical (unpaired) electrons. The van der Waals surface area contributed by atoms with E-state index in [0.29, 0.717) is 29.7 Å². The lowest BCUT2D eigenvalue weighted by Crippen LogP contribution is -2.37. The molecule has 0 bridgehead atoms. The number of fused-ring (bicyclic) bond motifs is 1. The molecular weight excluding hydrogens is 425 g/mol. The van der Waals surface area contributed by atoms with Crippen LogP contribution in [-0.4, -0.2) is 45.8 Å². The number of halogens is 3. The first-order valence-corrected chi connectivity index (χ1v) is 9.93. The molecule has 1 aliphatic heterocycles. The van der Waals surface area contributed by atoms with E-state index >= 15 is 0 Å². The quantitative estimate of drug-likeness (QED) is 0.647. The molecule has 10 heteroatoms. The highest BCUT2D eigenvalue weighted by Gasteiger charge is 2.32. The molecule has 1 aliphatic rings. The minimum absolute atomic E-state index is 0.0139. The molecule has 166 valence electrons. The zero-order chi connectivity index (χ0) is 22.9. The van der Waals surface area contributed by atoms with Crippen molar-refractivity contribution in [3.05, 3.63) is 60.0 Å². The van der Waals surface area contributed by atoms with Gasteiger partial charge in [0.2, 0.25) is 5.91 Å². The second-order valence-electron chi connectivity index (χ2n) is 7.34. The van der Waals surface area contributed by atoms with E-state index in [1.54, 1.807) is 35.2 Å². The fourth-order valence-electron chi connectivity index (χ4n) is 3.47. The molecule has 1 atom stereocenters. The molecule has 3 heterocycles. The fourth-order valence-corrected chi connectivity index (χ4v) is 3.47. The van der Waals surface area contributed by atoms with Gasteiger partial charge in [-0.15, -0.1) is 0 Å². The van der Waals surface area contributed by atoms with Crippen molar-refractivity contribution in [2.75, 3.05) is 13.1 Å². The summed E-state index contributed by atoms with van der Waals surface area (Å²) in [5, 5.41) is 3.53. The van der Waals surface area contributed by atoms with Gasteiger partial charge in [-0.05, 0) is 43.3 Å². The Kier molecular flexibility index (Phi) is 5.68. The Bertz CT molecular complexity index is 1170. The number of rotatable bonds is 5. The van der Waals surface area contributed by atoms with Crippen LogP contribution in [0.25, 0.3) is 10.9 Å². The zero-order valence-electron chi connectivity index (χ0n) is 17.0. The third kappa shape index (κ3) is 4.63. The number of carbonyl (C=O) groups excluding carboxylic acids is 2. The van der Waals surface area contributed by atoms with Gasteiger partial charge in [0.1, 0.15) is 22.9 Å². The van der Waals surface area contributed by atoms with E-state index in [4.69, 9.17) is 4.74 Å². The zero-order valence-corrected chi connectivity index (χ0v) is 17.0. The van der Waals surface area contributed by atoms with Gasteiger partial charge >= 0.3 is 6.18 Å². The minimum atomic E-state index is -4.51. The number of nitrogens with zero attached hydrogens (tertiary/aromatic N) is 3. The number of amides is 2. The van der Waals surface area contributed by atoms with Crippen LogP contribution in [0.2, 0.25) is 0 Å². The second-order valence-corrected chi connectivity index (χ2v) is 7.34. The molecular formula is C22H19F3N4O3. The van der Waals surface area contributed by atoms with Crippen molar-refractivity contribution in [3.63, 3.8) is 0 Å². The van der Waals surface area contributed by atoms with E-state index in [2.05, 4.69) is 15.3 Å². The summed E-state index contributed by atoms with van der Waals surface area (Å²) in [5.74, 6) is 0.203. The summed E-state index contributed by atoms with van der Waals surface area (Å²) < 4.78 is 43.4. The second kappa shape index (κ2) is 8.45. The van der Waals surface area contributed by atoms with Gasteiger partial charge in [0.25, 0.3) is 5.91 Å². The van der Waals surface area contributed by atoms with Crippen LogP contribution < -0.4 is 10.1 Å². The van der Waals surface area contributed by atoms with Gasteiger partial charge in [-0.2, -0.15) is 13.2 Å². The highest BCUT2D eigenvalue weighted by molar-refractivity contribution is 5.95. The first kappa shape index (κ1) is 21.5. The molecule has 2 amide bonds. The number of likely N-dealkylation sites (N-methyl/N-ethyl adjacent to an activating group) is 1. The van der Waals surface area contributed by atoms with Gasteiger partial charge in [-0.25, -0.2) is 9.97 Å². The normalized spacial score (nSPS) is 16.4. The molecule has 32 heavy (non-hydrogen) atoms. The molecule has 0 spiro atoms. The third-order valence-electron chi connectivity index (χ3n) is 5.09. The number of hydrogen-bond donors (Lipinski definition) is 1. The van der Waals surface area contributed by atoms with E-state index in [0.717, 1.165) is 12.3 Å². The summed E-state index contributed by atoms with van der Waals surface area (Å²) in [7, 11) is 0. The largest absolute Gasteiger partial charge is 0.456 e. The summed E-state index contributed by atoms with van der Waals surface area (Å²) in [4.78, 5) is 33.8. The molecule has 7 nitrogen and oxygen atoms in total. The third-order valence-corrected chi connectivity index (χ3v) is 5.09. The SMILES string of the molecule is CCN1CC(NC(=O)c2ccc3cc(Oc4ccc(C(F)(F)F)nc4)ccc3n2)CC1=O. The first-order valence-electron chi connectivity index (χ1n) is 9.93. The molecule has 1 fully saturated rings. The van der Waals surface area contributed by atoms with E-state index < -0.39 is 11.9 Å². The van der Waals surface area contributed by atoms with Gasteiger partial charge < -0.3 is 15.0 Å². The Morgan fingerprint density at radius 2 is 1.97 bits per heavy atom. The van der Waals surface area contributed by atoms with E-state index in [-0.39, 0.29) is 35.7 Å². The summed E-state index contributed by atoms with van der Waals surface area (Å²) >= 11 is 0. The van der Waals surface area contributed by atoms with Crippen LogP contribution in [0.5, 0.6) is 11.5 Å². The van der Waals surface area contributed by atoms with Crippen LogP contribution in [0.4, 0.5) is 13.2 Å². The maximum Gasteiger partial charge on any atom is 0.433 e. The first-order chi connectivity index (χ1) is 15.2. The summed E-state index contributed by atoms with van der Waals surface area (Å²) in [6, 6.07) is 9.97. The fraction of sp³-hybridized carbons (Fsp3) is 0.273. The number of likely N-dealkylation sites (tertiary alicyclic amines) is 1. The van der Waals surface area contributed by atoms with E-state index in [1.165, 1.54) is 6.07 Å². The highest BCUT2D eigenvalue weighted by atomic mass is 19.4. The lowest BCUT2D eigenvalue weighted by atomic mass is 10.2. The Balaban J connectivity index is 1.45. The number of benzene rings is 1. The van der Waals surface area contributed by atoms with Gasteiger partial charge in [0.05, 0.1) is 17.8 Å². The van der Waals surface area contributed by atoms with Gasteiger partial charge in [0, 0.05) is 24.9 Å². The Morgan fingerprint density at radius 3 is 2.62 bits per heavy atom. The summed E-state index contributed by atoms with van der Waals surface area (Å²) in [6.07, 6.45) is -3.24. The van der Waals surface area contributed by atoms with Crippen molar-refractivity contribution in [2.45, 2.75) is 25.6 Å². The van der Waals surface area contributed by atoms with Crippen molar-refractivity contribution in [1.29, 1.82) is 0 Å². The van der Waals surface area contributed by atoms with Crippen LogP contribution in [0.1, 0.15) is 29.5 Å². The Morgan fingerprint density at radius 1 is 1.19 bits per heavy atom. The van der Waals surface area contributed by atoms with Gasteiger partial charge in [0.15, 0.2) is 0 Å². The Labute approximate surface area is 181 Å². The van der Waals surface area contributed by atoms with Crippen molar-refractivity contribution < 1.29 is 27.5 Å². The summed E-state index contributed by atoms with van der Waals surface area (Å²) in [6.45, 7) is 2.97. The molecule has 1 unspecified atom stereocenters. The molecule has 1 saturated heterocycles. The molecule has 0 saturated carbocycles. The molecule has 4 rings (SSSR count).